The van der Waals surface area contributed by atoms with E-state index in [-0.39, 0.29) is 5.91 Å². The van der Waals surface area contributed by atoms with E-state index >= 15 is 0 Å². The Kier molecular flexibility index (Phi) is 4.14. The number of aromatic amines is 1. The molecule has 3 rings (SSSR count). The standard InChI is InChI=1S/C15H20N6O2/c1-10-8-13(23-3)18-15(17-10)21-6-4-20(5-7-21)14(22)12-9-16-19-11(12)2/h8-9H,4-7H2,1-3H3,(H,16,19). The molecule has 2 aromatic rings. The molecule has 1 aliphatic heterocycles. The molecule has 0 atom stereocenters. The molecule has 8 nitrogen and oxygen atoms in total. The van der Waals surface area contributed by atoms with Gasteiger partial charge in [0.15, 0.2) is 0 Å². The van der Waals surface area contributed by atoms with Gasteiger partial charge >= 0.3 is 0 Å². The Bertz CT molecular complexity index is 706. The van der Waals surface area contributed by atoms with Gasteiger partial charge in [-0.25, -0.2) is 4.98 Å². The summed E-state index contributed by atoms with van der Waals surface area (Å²) in [5, 5.41) is 6.71. The number of hydrogen-bond donors (Lipinski definition) is 1. The van der Waals surface area contributed by atoms with Crippen LogP contribution in [-0.4, -0.2) is 64.3 Å². The molecule has 0 bridgehead atoms. The normalized spacial score (nSPS) is 14.9. The largest absolute Gasteiger partial charge is 0.481 e. The number of rotatable bonds is 3. The van der Waals surface area contributed by atoms with Crippen molar-refractivity contribution >= 4 is 11.9 Å². The summed E-state index contributed by atoms with van der Waals surface area (Å²) in [5.41, 5.74) is 2.29. The summed E-state index contributed by atoms with van der Waals surface area (Å²) in [7, 11) is 1.59. The number of anilines is 1. The summed E-state index contributed by atoms with van der Waals surface area (Å²) in [6.07, 6.45) is 1.58. The number of hydrogen-bond acceptors (Lipinski definition) is 6. The molecular weight excluding hydrogens is 296 g/mol. The molecule has 1 N–H and O–H groups in total. The zero-order valence-corrected chi connectivity index (χ0v) is 13.5. The van der Waals surface area contributed by atoms with Crippen molar-refractivity contribution < 1.29 is 9.53 Å². The van der Waals surface area contributed by atoms with E-state index < -0.39 is 0 Å². The summed E-state index contributed by atoms with van der Waals surface area (Å²) in [4.78, 5) is 25.2. The molecule has 0 aliphatic carbocycles. The maximum absolute atomic E-state index is 12.5. The third-order valence-corrected chi connectivity index (χ3v) is 3.94. The molecule has 1 fully saturated rings. The van der Waals surface area contributed by atoms with Crippen LogP contribution in [0.1, 0.15) is 21.7 Å². The first-order chi connectivity index (χ1) is 11.1. The van der Waals surface area contributed by atoms with Gasteiger partial charge < -0.3 is 14.5 Å². The Labute approximate surface area is 134 Å². The molecule has 1 aliphatic rings. The zero-order valence-electron chi connectivity index (χ0n) is 13.5. The Morgan fingerprint density at radius 3 is 2.57 bits per heavy atom. The predicted octanol–water partition coefficient (Wildman–Crippen LogP) is 0.788. The van der Waals surface area contributed by atoms with Gasteiger partial charge in [0, 0.05) is 43.6 Å². The maximum Gasteiger partial charge on any atom is 0.257 e. The summed E-state index contributed by atoms with van der Waals surface area (Å²) >= 11 is 0. The highest BCUT2D eigenvalue weighted by atomic mass is 16.5. The van der Waals surface area contributed by atoms with Crippen LogP contribution in [0.15, 0.2) is 12.3 Å². The number of carbonyl (C=O) groups excluding carboxylic acids is 1. The molecule has 2 aromatic heterocycles. The van der Waals surface area contributed by atoms with Crippen molar-refractivity contribution in [1.82, 2.24) is 25.1 Å². The van der Waals surface area contributed by atoms with Crippen molar-refractivity contribution in [1.29, 1.82) is 0 Å². The Hall–Kier alpha value is -2.64. The highest BCUT2D eigenvalue weighted by molar-refractivity contribution is 5.95. The smallest absolute Gasteiger partial charge is 0.257 e. The monoisotopic (exact) mass is 316 g/mol. The Morgan fingerprint density at radius 1 is 1.22 bits per heavy atom. The van der Waals surface area contributed by atoms with E-state index in [1.165, 1.54) is 0 Å². The average Bonchev–Trinajstić information content (AvgIpc) is 2.99. The molecule has 3 heterocycles. The SMILES string of the molecule is COc1cc(C)nc(N2CCN(C(=O)c3cn[nH]c3C)CC2)n1. The van der Waals surface area contributed by atoms with E-state index in [1.807, 2.05) is 18.7 Å². The second kappa shape index (κ2) is 6.23. The number of nitrogens with one attached hydrogen (secondary N) is 1. The second-order valence-electron chi connectivity index (χ2n) is 5.54. The van der Waals surface area contributed by atoms with Crippen LogP contribution in [0.3, 0.4) is 0 Å². The van der Waals surface area contributed by atoms with Crippen LogP contribution in [0.25, 0.3) is 0 Å². The van der Waals surface area contributed by atoms with E-state index in [0.29, 0.717) is 43.6 Å². The van der Waals surface area contributed by atoms with Crippen molar-refractivity contribution in [3.63, 3.8) is 0 Å². The van der Waals surface area contributed by atoms with E-state index in [9.17, 15) is 4.79 Å². The fourth-order valence-corrected chi connectivity index (χ4v) is 2.62. The lowest BCUT2D eigenvalue weighted by atomic mass is 10.2. The number of piperazine rings is 1. The van der Waals surface area contributed by atoms with E-state index in [2.05, 4.69) is 25.1 Å². The van der Waals surface area contributed by atoms with Gasteiger partial charge in [-0.1, -0.05) is 0 Å². The van der Waals surface area contributed by atoms with Crippen molar-refractivity contribution in [3.8, 4) is 5.88 Å². The highest BCUT2D eigenvalue weighted by Gasteiger charge is 2.25. The number of H-pyrrole nitrogens is 1. The summed E-state index contributed by atoms with van der Waals surface area (Å²) in [6, 6.07) is 1.80. The second-order valence-corrected chi connectivity index (χ2v) is 5.54. The number of aryl methyl sites for hydroxylation is 2. The first-order valence-electron chi connectivity index (χ1n) is 7.52. The van der Waals surface area contributed by atoms with E-state index in [0.717, 1.165) is 11.4 Å². The lowest BCUT2D eigenvalue weighted by molar-refractivity contribution is 0.0745. The van der Waals surface area contributed by atoms with Crippen LogP contribution in [0.4, 0.5) is 5.95 Å². The number of aromatic nitrogens is 4. The van der Waals surface area contributed by atoms with Crippen molar-refractivity contribution in [2.24, 2.45) is 0 Å². The molecular formula is C15H20N6O2. The topological polar surface area (TPSA) is 87.2 Å². The van der Waals surface area contributed by atoms with Gasteiger partial charge in [-0.3, -0.25) is 9.89 Å². The number of carbonyl (C=O) groups is 1. The van der Waals surface area contributed by atoms with E-state index in [1.54, 1.807) is 19.4 Å². The minimum absolute atomic E-state index is 0.0126. The molecule has 0 radical (unpaired) electrons. The van der Waals surface area contributed by atoms with Gasteiger partial charge in [0.2, 0.25) is 11.8 Å². The third kappa shape index (κ3) is 3.10. The molecule has 0 aromatic carbocycles. The van der Waals surface area contributed by atoms with Crippen LogP contribution in [0.5, 0.6) is 5.88 Å². The molecule has 1 saturated heterocycles. The lowest BCUT2D eigenvalue weighted by Gasteiger charge is -2.34. The quantitative estimate of drug-likeness (QED) is 0.901. The fraction of sp³-hybridized carbons (Fsp3) is 0.467. The van der Waals surface area contributed by atoms with Crippen LogP contribution in [0, 0.1) is 13.8 Å². The van der Waals surface area contributed by atoms with Gasteiger partial charge in [-0.05, 0) is 13.8 Å². The van der Waals surface area contributed by atoms with Gasteiger partial charge in [0.1, 0.15) is 0 Å². The van der Waals surface area contributed by atoms with Gasteiger partial charge in [-0.2, -0.15) is 10.1 Å². The molecule has 0 spiro atoms. The number of nitrogens with zero attached hydrogens (tertiary/aromatic N) is 5. The lowest BCUT2D eigenvalue weighted by Crippen LogP contribution is -2.49. The van der Waals surface area contributed by atoms with Crippen LogP contribution >= 0.6 is 0 Å². The molecule has 122 valence electrons. The first kappa shape index (κ1) is 15.3. The molecule has 23 heavy (non-hydrogen) atoms. The van der Waals surface area contributed by atoms with Crippen molar-refractivity contribution in [2.75, 3.05) is 38.2 Å². The maximum atomic E-state index is 12.5. The summed E-state index contributed by atoms with van der Waals surface area (Å²) < 4.78 is 5.20. The Balaban J connectivity index is 1.68. The average molecular weight is 316 g/mol. The number of methoxy groups -OCH3 is 1. The van der Waals surface area contributed by atoms with Gasteiger partial charge in [-0.15, -0.1) is 0 Å². The minimum atomic E-state index is 0.0126. The van der Waals surface area contributed by atoms with Crippen LogP contribution in [-0.2, 0) is 0 Å². The van der Waals surface area contributed by atoms with Crippen LogP contribution in [0.2, 0.25) is 0 Å². The number of ether oxygens (including phenoxy) is 1. The van der Waals surface area contributed by atoms with Crippen molar-refractivity contribution in [2.45, 2.75) is 13.8 Å². The fourth-order valence-electron chi connectivity index (χ4n) is 2.62. The molecule has 0 saturated carbocycles. The molecule has 1 amide bonds. The van der Waals surface area contributed by atoms with Gasteiger partial charge in [0.25, 0.3) is 5.91 Å². The van der Waals surface area contributed by atoms with Gasteiger partial charge in [0.05, 0.1) is 18.9 Å². The molecule has 8 heteroatoms. The molecule has 0 unspecified atom stereocenters. The van der Waals surface area contributed by atoms with Crippen LogP contribution < -0.4 is 9.64 Å². The number of amides is 1. The first-order valence-corrected chi connectivity index (χ1v) is 7.52. The third-order valence-electron chi connectivity index (χ3n) is 3.94. The Morgan fingerprint density at radius 2 is 1.96 bits per heavy atom. The summed E-state index contributed by atoms with van der Waals surface area (Å²) in [5.74, 6) is 1.21. The van der Waals surface area contributed by atoms with E-state index in [4.69, 9.17) is 4.74 Å². The predicted molar refractivity (Wildman–Crippen MR) is 84.8 cm³/mol. The minimum Gasteiger partial charge on any atom is -0.481 e. The zero-order chi connectivity index (χ0) is 16.4. The van der Waals surface area contributed by atoms with Crippen molar-refractivity contribution in [3.05, 3.63) is 29.2 Å². The highest BCUT2D eigenvalue weighted by Crippen LogP contribution is 2.18. The summed E-state index contributed by atoms with van der Waals surface area (Å²) in [6.45, 7) is 6.40.